The molecular formula is C9H12ClF3O2. The maximum atomic E-state index is 11.8. The zero-order valence-electron chi connectivity index (χ0n) is 8.23. The first-order valence-electron chi connectivity index (χ1n) is 4.55. The van der Waals surface area contributed by atoms with Crippen LogP contribution in [0.2, 0.25) is 0 Å². The van der Waals surface area contributed by atoms with Gasteiger partial charge in [-0.2, -0.15) is 13.2 Å². The summed E-state index contributed by atoms with van der Waals surface area (Å²) in [5.41, 5.74) is 0. The molecule has 88 valence electrons. The van der Waals surface area contributed by atoms with Crippen LogP contribution < -0.4 is 0 Å². The normalized spacial score (nSPS) is 13.7. The van der Waals surface area contributed by atoms with E-state index in [1.165, 1.54) is 0 Å². The second kappa shape index (κ2) is 6.10. The molecule has 2 nitrogen and oxygen atoms in total. The van der Waals surface area contributed by atoms with E-state index in [4.69, 9.17) is 11.6 Å². The van der Waals surface area contributed by atoms with Gasteiger partial charge in [-0.3, -0.25) is 9.59 Å². The fourth-order valence-electron chi connectivity index (χ4n) is 0.914. The van der Waals surface area contributed by atoms with Crippen LogP contribution in [-0.2, 0) is 9.59 Å². The fourth-order valence-corrected chi connectivity index (χ4v) is 1.14. The molecule has 6 heteroatoms. The molecule has 0 aromatic heterocycles. The summed E-state index contributed by atoms with van der Waals surface area (Å²) < 4.78 is 35.3. The van der Waals surface area contributed by atoms with Crippen LogP contribution in [0.3, 0.4) is 0 Å². The van der Waals surface area contributed by atoms with Gasteiger partial charge in [0, 0.05) is 0 Å². The van der Waals surface area contributed by atoms with Crippen LogP contribution in [0.5, 0.6) is 0 Å². The third-order valence-corrected chi connectivity index (χ3v) is 2.27. The molecule has 0 radical (unpaired) electrons. The topological polar surface area (TPSA) is 34.1 Å². The molecule has 0 aromatic rings. The van der Waals surface area contributed by atoms with Gasteiger partial charge in [0.1, 0.15) is 0 Å². The minimum Gasteiger partial charge on any atom is -0.298 e. The van der Waals surface area contributed by atoms with Gasteiger partial charge in [0.15, 0.2) is 5.78 Å². The molecule has 0 heterocycles. The fraction of sp³-hybridized carbons (Fsp3) is 0.778. The number of rotatable bonds is 6. The Kier molecular flexibility index (Phi) is 5.87. The Hall–Kier alpha value is -0.580. The molecule has 0 bridgehead atoms. The number of ketones is 2. The van der Waals surface area contributed by atoms with Gasteiger partial charge in [-0.05, 0) is 6.42 Å². The van der Waals surface area contributed by atoms with E-state index in [1.807, 2.05) is 6.92 Å². The number of unbranched alkanes of at least 4 members (excludes halogenated alkanes) is 1. The molecule has 0 amide bonds. The summed E-state index contributed by atoms with van der Waals surface area (Å²) in [4.78, 5) is 21.5. The summed E-state index contributed by atoms with van der Waals surface area (Å²) in [6.45, 7) is 1.87. The number of hydrogen-bond donors (Lipinski definition) is 0. The van der Waals surface area contributed by atoms with Crippen molar-refractivity contribution in [1.29, 1.82) is 0 Å². The smallest absolute Gasteiger partial charge is 0.298 e. The summed E-state index contributed by atoms with van der Waals surface area (Å²) in [7, 11) is 0. The lowest BCUT2D eigenvalue weighted by Gasteiger charge is -2.08. The van der Waals surface area contributed by atoms with Crippen LogP contribution in [0.25, 0.3) is 0 Å². The molecular weight excluding hydrogens is 233 g/mol. The van der Waals surface area contributed by atoms with Gasteiger partial charge in [-0.1, -0.05) is 19.8 Å². The van der Waals surface area contributed by atoms with E-state index in [0.717, 1.165) is 6.42 Å². The lowest BCUT2D eigenvalue weighted by Crippen LogP contribution is -2.28. The summed E-state index contributed by atoms with van der Waals surface area (Å²) >= 11 is 5.54. The first-order chi connectivity index (χ1) is 6.79. The van der Waals surface area contributed by atoms with Crippen molar-refractivity contribution in [2.45, 2.75) is 44.2 Å². The summed E-state index contributed by atoms with van der Waals surface area (Å²) in [5.74, 6) is -2.89. The molecule has 0 aromatic carbocycles. The van der Waals surface area contributed by atoms with Crippen LogP contribution in [-0.4, -0.2) is 23.1 Å². The van der Waals surface area contributed by atoms with Crippen LogP contribution in [0.1, 0.15) is 32.6 Å². The van der Waals surface area contributed by atoms with Crippen molar-refractivity contribution in [3.8, 4) is 0 Å². The van der Waals surface area contributed by atoms with Crippen molar-refractivity contribution in [2.24, 2.45) is 0 Å². The zero-order chi connectivity index (χ0) is 12.1. The van der Waals surface area contributed by atoms with E-state index < -0.39 is 29.5 Å². The average molecular weight is 245 g/mol. The van der Waals surface area contributed by atoms with Gasteiger partial charge in [-0.15, -0.1) is 11.6 Å². The molecule has 0 fully saturated rings. The van der Waals surface area contributed by atoms with Gasteiger partial charge in [0.05, 0.1) is 11.8 Å². The quantitative estimate of drug-likeness (QED) is 0.532. The third-order valence-electron chi connectivity index (χ3n) is 1.81. The molecule has 0 aliphatic heterocycles. The Balaban J connectivity index is 4.08. The lowest BCUT2D eigenvalue weighted by atomic mass is 10.1. The van der Waals surface area contributed by atoms with Crippen molar-refractivity contribution >= 4 is 23.2 Å². The number of hydrogen-bond acceptors (Lipinski definition) is 2. The van der Waals surface area contributed by atoms with Gasteiger partial charge < -0.3 is 0 Å². The minimum absolute atomic E-state index is 0.308. The summed E-state index contributed by atoms with van der Waals surface area (Å²) in [5, 5.41) is -0.990. The average Bonchev–Trinajstić information content (AvgIpc) is 2.12. The number of carbonyl (C=O) groups excluding carboxylic acids is 2. The number of Topliss-reactive ketones (excluding diaryl/α,β-unsaturated/α-hetero) is 2. The molecule has 0 rings (SSSR count). The van der Waals surface area contributed by atoms with E-state index in [-0.39, 0.29) is 0 Å². The number of halogens is 4. The Labute approximate surface area is 90.8 Å². The van der Waals surface area contributed by atoms with E-state index in [0.29, 0.717) is 12.8 Å². The van der Waals surface area contributed by atoms with E-state index in [2.05, 4.69) is 0 Å². The molecule has 0 saturated carbocycles. The van der Waals surface area contributed by atoms with Crippen molar-refractivity contribution in [3.05, 3.63) is 0 Å². The summed E-state index contributed by atoms with van der Waals surface area (Å²) in [6.07, 6.45) is -4.34. The maximum Gasteiger partial charge on any atom is 0.450 e. The largest absolute Gasteiger partial charge is 0.450 e. The SMILES string of the molecule is CCCCC(Cl)C(=O)CC(=O)C(F)(F)F. The molecule has 0 aliphatic carbocycles. The molecule has 0 saturated heterocycles. The van der Waals surface area contributed by atoms with Crippen molar-refractivity contribution in [3.63, 3.8) is 0 Å². The van der Waals surface area contributed by atoms with Crippen LogP contribution in [0, 0.1) is 0 Å². The predicted molar refractivity (Wildman–Crippen MR) is 49.9 cm³/mol. The van der Waals surface area contributed by atoms with Crippen molar-refractivity contribution in [1.82, 2.24) is 0 Å². The monoisotopic (exact) mass is 244 g/mol. The maximum absolute atomic E-state index is 11.8. The van der Waals surface area contributed by atoms with Gasteiger partial charge in [0.25, 0.3) is 0 Å². The lowest BCUT2D eigenvalue weighted by molar-refractivity contribution is -0.171. The van der Waals surface area contributed by atoms with Gasteiger partial charge in [-0.25, -0.2) is 0 Å². The molecule has 15 heavy (non-hydrogen) atoms. The van der Waals surface area contributed by atoms with E-state index in [9.17, 15) is 22.8 Å². The van der Waals surface area contributed by atoms with Gasteiger partial charge in [0.2, 0.25) is 5.78 Å². The second-order valence-corrected chi connectivity index (χ2v) is 3.70. The summed E-state index contributed by atoms with van der Waals surface area (Å²) in [6, 6.07) is 0. The highest BCUT2D eigenvalue weighted by molar-refractivity contribution is 6.32. The molecule has 1 unspecified atom stereocenters. The van der Waals surface area contributed by atoms with Crippen LogP contribution >= 0.6 is 11.6 Å². The molecule has 0 N–H and O–H groups in total. The standard InChI is InChI=1S/C9H12ClF3O2/c1-2-3-4-6(10)7(14)5-8(15)9(11,12)13/h6H,2-5H2,1H3. The van der Waals surface area contributed by atoms with E-state index in [1.54, 1.807) is 0 Å². The Bertz CT molecular complexity index is 238. The van der Waals surface area contributed by atoms with Gasteiger partial charge >= 0.3 is 6.18 Å². The Morgan fingerprint density at radius 3 is 2.27 bits per heavy atom. The second-order valence-electron chi connectivity index (χ2n) is 3.17. The molecule has 0 spiro atoms. The number of carbonyl (C=O) groups is 2. The Morgan fingerprint density at radius 2 is 1.87 bits per heavy atom. The van der Waals surface area contributed by atoms with Crippen LogP contribution in [0.15, 0.2) is 0 Å². The van der Waals surface area contributed by atoms with Crippen molar-refractivity contribution < 1.29 is 22.8 Å². The van der Waals surface area contributed by atoms with Crippen molar-refractivity contribution in [2.75, 3.05) is 0 Å². The highest BCUT2D eigenvalue weighted by Crippen LogP contribution is 2.20. The minimum atomic E-state index is -4.95. The highest BCUT2D eigenvalue weighted by Gasteiger charge is 2.39. The third kappa shape index (κ3) is 5.77. The molecule has 1 atom stereocenters. The number of alkyl halides is 4. The first-order valence-corrected chi connectivity index (χ1v) is 4.99. The zero-order valence-corrected chi connectivity index (χ0v) is 8.99. The predicted octanol–water partition coefficient (Wildman–Crippen LogP) is 2.87. The molecule has 0 aliphatic rings. The Morgan fingerprint density at radius 1 is 1.33 bits per heavy atom. The van der Waals surface area contributed by atoms with E-state index >= 15 is 0 Å². The first kappa shape index (κ1) is 14.4. The highest BCUT2D eigenvalue weighted by atomic mass is 35.5. The van der Waals surface area contributed by atoms with Crippen LogP contribution in [0.4, 0.5) is 13.2 Å².